The lowest BCUT2D eigenvalue weighted by Gasteiger charge is -2.15. The number of nitrogens with two attached hydrogens (primary N) is 1. The monoisotopic (exact) mass is 376 g/mol. The van der Waals surface area contributed by atoms with Gasteiger partial charge >= 0.3 is 0 Å². The Morgan fingerprint density at radius 1 is 1.12 bits per heavy atom. The summed E-state index contributed by atoms with van der Waals surface area (Å²) in [5.74, 6) is -0.578. The minimum atomic E-state index is -0.643. The molecule has 2 amide bonds. The Morgan fingerprint density at radius 3 is 2.27 bits per heavy atom. The Bertz CT molecular complexity index is 842. The molecule has 0 aliphatic heterocycles. The van der Waals surface area contributed by atoms with Gasteiger partial charge in [0.1, 0.15) is 0 Å². The molecule has 138 valence electrons. The Morgan fingerprint density at radius 2 is 1.73 bits per heavy atom. The van der Waals surface area contributed by atoms with Crippen molar-refractivity contribution in [1.29, 1.82) is 0 Å². The van der Waals surface area contributed by atoms with Crippen LogP contribution in [0.2, 0.25) is 5.02 Å². The Hall–Kier alpha value is -2.73. The topological polar surface area (TPSA) is 90.7 Å². The first-order chi connectivity index (χ1) is 12.2. The third-order valence-electron chi connectivity index (χ3n) is 3.77. The van der Waals surface area contributed by atoms with Crippen molar-refractivity contribution in [3.05, 3.63) is 51.5 Å². The fourth-order valence-corrected chi connectivity index (χ4v) is 2.96. The maximum absolute atomic E-state index is 12.7. The summed E-state index contributed by atoms with van der Waals surface area (Å²) in [6, 6.07) is 6.94. The third-order valence-corrected chi connectivity index (χ3v) is 4.05. The molecule has 0 spiro atoms. The lowest BCUT2D eigenvalue weighted by atomic mass is 10.0. The minimum Gasteiger partial charge on any atom is -0.493 e. The first kappa shape index (κ1) is 19.6. The number of nitrogens with one attached hydrogen (secondary N) is 1. The third kappa shape index (κ3) is 4.46. The van der Waals surface area contributed by atoms with E-state index in [1.165, 1.54) is 19.2 Å². The van der Waals surface area contributed by atoms with Gasteiger partial charge in [-0.25, -0.2) is 0 Å². The lowest BCUT2D eigenvalue weighted by Crippen LogP contribution is -2.20. The van der Waals surface area contributed by atoms with Crippen LogP contribution in [0.3, 0.4) is 0 Å². The zero-order chi connectivity index (χ0) is 19.4. The number of methoxy groups -OCH3 is 1. The van der Waals surface area contributed by atoms with Crippen molar-refractivity contribution in [3.63, 3.8) is 0 Å². The first-order valence-corrected chi connectivity index (χ1v) is 8.28. The fraction of sp³-hybridized carbons (Fsp3) is 0.263. The van der Waals surface area contributed by atoms with E-state index in [0.29, 0.717) is 5.56 Å². The van der Waals surface area contributed by atoms with Crippen LogP contribution in [-0.4, -0.2) is 25.5 Å². The van der Waals surface area contributed by atoms with Gasteiger partial charge in [0.25, 0.3) is 11.8 Å². The highest BCUT2D eigenvalue weighted by atomic mass is 35.5. The number of benzene rings is 2. The normalized spacial score (nSPS) is 10.3. The highest BCUT2D eigenvalue weighted by Crippen LogP contribution is 2.36. The smallest absolute Gasteiger partial charge is 0.255 e. The van der Waals surface area contributed by atoms with Gasteiger partial charge in [-0.15, -0.1) is 0 Å². The van der Waals surface area contributed by atoms with Gasteiger partial charge in [0, 0.05) is 11.3 Å². The van der Waals surface area contributed by atoms with E-state index in [2.05, 4.69) is 5.32 Å². The minimum absolute atomic E-state index is 0.146. The van der Waals surface area contributed by atoms with Crippen LogP contribution in [-0.2, 0) is 4.79 Å². The van der Waals surface area contributed by atoms with E-state index >= 15 is 0 Å². The zero-order valence-electron chi connectivity index (χ0n) is 15.1. The van der Waals surface area contributed by atoms with Crippen LogP contribution in [0.1, 0.15) is 27.0 Å². The number of carbonyl (C=O) groups excluding carboxylic acids is 2. The van der Waals surface area contributed by atoms with E-state index in [9.17, 15) is 9.59 Å². The number of hydrogen-bond acceptors (Lipinski definition) is 4. The van der Waals surface area contributed by atoms with E-state index in [4.69, 9.17) is 26.8 Å². The largest absolute Gasteiger partial charge is 0.493 e. The molecule has 0 fully saturated rings. The molecule has 0 aliphatic rings. The zero-order valence-corrected chi connectivity index (χ0v) is 15.9. The first-order valence-electron chi connectivity index (χ1n) is 7.90. The molecule has 2 aromatic carbocycles. The molecule has 0 heterocycles. The standard InChI is InChI=1S/C19H21ClN2O4/c1-10-5-11(2)17(12(3)6-10)22-19(24)13-7-14(20)18(15(8-13)25-4)26-9-16(21)23/h5-8H,9H2,1-4H3,(H2,21,23)(H,22,24). The van der Waals surface area contributed by atoms with Crippen LogP contribution in [0.4, 0.5) is 5.69 Å². The molecule has 7 heteroatoms. The molecule has 0 aliphatic carbocycles. The molecular weight excluding hydrogens is 356 g/mol. The molecular formula is C19H21ClN2O4. The molecule has 0 aromatic heterocycles. The number of hydrogen-bond donors (Lipinski definition) is 2. The predicted molar refractivity (Wildman–Crippen MR) is 101 cm³/mol. The molecule has 2 rings (SSSR count). The Labute approximate surface area is 157 Å². The summed E-state index contributed by atoms with van der Waals surface area (Å²) < 4.78 is 10.5. The van der Waals surface area contributed by atoms with Crippen LogP contribution >= 0.6 is 11.6 Å². The lowest BCUT2D eigenvalue weighted by molar-refractivity contribution is -0.119. The molecule has 2 aromatic rings. The van der Waals surface area contributed by atoms with Gasteiger partial charge in [0.05, 0.1) is 12.1 Å². The molecule has 0 bridgehead atoms. The molecule has 0 saturated heterocycles. The summed E-state index contributed by atoms with van der Waals surface area (Å²) >= 11 is 6.19. The number of amides is 2. The predicted octanol–water partition coefficient (Wildman–Crippen LogP) is 3.39. The number of carbonyl (C=O) groups is 2. The van der Waals surface area contributed by atoms with E-state index < -0.39 is 5.91 Å². The number of ether oxygens (including phenoxy) is 2. The SMILES string of the molecule is COc1cc(C(=O)Nc2c(C)cc(C)cc2C)cc(Cl)c1OCC(N)=O. The van der Waals surface area contributed by atoms with Crippen molar-refractivity contribution in [1.82, 2.24) is 0 Å². The van der Waals surface area contributed by atoms with Gasteiger partial charge in [-0.2, -0.15) is 0 Å². The summed E-state index contributed by atoms with van der Waals surface area (Å²) in [5.41, 5.74) is 9.19. The van der Waals surface area contributed by atoms with Crippen molar-refractivity contribution in [2.24, 2.45) is 5.73 Å². The average Bonchev–Trinajstić information content (AvgIpc) is 2.55. The van der Waals surface area contributed by atoms with Crippen molar-refractivity contribution < 1.29 is 19.1 Å². The van der Waals surface area contributed by atoms with E-state index in [1.807, 2.05) is 32.9 Å². The van der Waals surface area contributed by atoms with Crippen molar-refractivity contribution in [2.45, 2.75) is 20.8 Å². The van der Waals surface area contributed by atoms with Crippen LogP contribution in [0.25, 0.3) is 0 Å². The maximum atomic E-state index is 12.7. The van der Waals surface area contributed by atoms with Gasteiger partial charge < -0.3 is 20.5 Å². The summed E-state index contributed by atoms with van der Waals surface area (Å²) in [7, 11) is 1.42. The molecule has 26 heavy (non-hydrogen) atoms. The van der Waals surface area contributed by atoms with Crippen molar-refractivity contribution in [2.75, 3.05) is 19.0 Å². The number of primary amides is 1. The molecule has 3 N–H and O–H groups in total. The van der Waals surface area contributed by atoms with E-state index in [0.717, 1.165) is 22.4 Å². The molecule has 0 radical (unpaired) electrons. The summed E-state index contributed by atoms with van der Waals surface area (Å²) in [5, 5.41) is 3.05. The molecule has 6 nitrogen and oxygen atoms in total. The van der Waals surface area contributed by atoms with Crippen LogP contribution in [0.5, 0.6) is 11.5 Å². The maximum Gasteiger partial charge on any atom is 0.255 e. The summed E-state index contributed by atoms with van der Waals surface area (Å²) in [4.78, 5) is 23.6. The molecule has 0 saturated carbocycles. The van der Waals surface area contributed by atoms with Crippen LogP contribution in [0.15, 0.2) is 24.3 Å². The second-order valence-corrected chi connectivity index (χ2v) is 6.38. The fourth-order valence-electron chi connectivity index (χ4n) is 2.70. The van der Waals surface area contributed by atoms with Crippen molar-refractivity contribution in [3.8, 4) is 11.5 Å². The second-order valence-electron chi connectivity index (χ2n) is 5.97. The van der Waals surface area contributed by atoms with Crippen molar-refractivity contribution >= 4 is 29.1 Å². The van der Waals surface area contributed by atoms with E-state index in [1.54, 1.807) is 0 Å². The number of aryl methyl sites for hydroxylation is 3. The summed E-state index contributed by atoms with van der Waals surface area (Å²) in [6.07, 6.45) is 0. The van der Waals surface area contributed by atoms with Gasteiger partial charge in [-0.1, -0.05) is 29.3 Å². The van der Waals surface area contributed by atoms with Gasteiger partial charge in [0.2, 0.25) is 0 Å². The van der Waals surface area contributed by atoms with Gasteiger partial charge in [-0.05, 0) is 44.0 Å². The Kier molecular flexibility index (Phi) is 6.10. The quantitative estimate of drug-likeness (QED) is 0.808. The molecule has 0 unspecified atom stereocenters. The number of rotatable bonds is 6. The highest BCUT2D eigenvalue weighted by Gasteiger charge is 2.18. The summed E-state index contributed by atoms with van der Waals surface area (Å²) in [6.45, 7) is 5.53. The van der Waals surface area contributed by atoms with Crippen LogP contribution in [0, 0.1) is 20.8 Å². The number of anilines is 1. The number of halogens is 1. The molecule has 0 atom stereocenters. The Balaban J connectivity index is 2.32. The second kappa shape index (κ2) is 8.10. The van der Waals surface area contributed by atoms with E-state index in [-0.39, 0.29) is 29.0 Å². The average molecular weight is 377 g/mol. The van der Waals surface area contributed by atoms with Crippen LogP contribution < -0.4 is 20.5 Å². The van der Waals surface area contributed by atoms with Gasteiger partial charge in [-0.3, -0.25) is 9.59 Å². The highest BCUT2D eigenvalue weighted by molar-refractivity contribution is 6.32. The van der Waals surface area contributed by atoms with Gasteiger partial charge in [0.15, 0.2) is 18.1 Å².